The minimum Gasteiger partial charge on any atom is -0.444 e. The van der Waals surface area contributed by atoms with Crippen LogP contribution in [0.5, 0.6) is 0 Å². The molecule has 118 valence electrons. The molecule has 0 spiro atoms. The van der Waals surface area contributed by atoms with Crippen molar-refractivity contribution in [1.82, 2.24) is 14.7 Å². The van der Waals surface area contributed by atoms with Crippen LogP contribution in [0.1, 0.15) is 33.2 Å². The fourth-order valence-electron chi connectivity index (χ4n) is 2.65. The first-order chi connectivity index (χ1) is 10.3. The van der Waals surface area contributed by atoms with Gasteiger partial charge in [-0.25, -0.2) is 4.79 Å². The van der Waals surface area contributed by atoms with E-state index in [1.807, 2.05) is 43.8 Å². The Hall–Kier alpha value is -1.56. The molecular formula is C16H20BrN3O2. The van der Waals surface area contributed by atoms with Crippen LogP contribution in [0.3, 0.4) is 0 Å². The number of ether oxygens (including phenoxy) is 1. The number of amides is 1. The number of hydrogen-bond donors (Lipinski definition) is 0. The second-order valence-electron chi connectivity index (χ2n) is 6.68. The van der Waals surface area contributed by atoms with Gasteiger partial charge in [0.1, 0.15) is 5.60 Å². The summed E-state index contributed by atoms with van der Waals surface area (Å²) in [5.74, 6) is 0. The monoisotopic (exact) mass is 365 g/mol. The van der Waals surface area contributed by atoms with Crippen molar-refractivity contribution in [3.05, 3.63) is 28.9 Å². The van der Waals surface area contributed by atoms with Crippen molar-refractivity contribution >= 4 is 32.9 Å². The van der Waals surface area contributed by atoms with Crippen LogP contribution >= 0.6 is 15.9 Å². The van der Waals surface area contributed by atoms with E-state index in [-0.39, 0.29) is 12.1 Å². The summed E-state index contributed by atoms with van der Waals surface area (Å²) in [6, 6.07) is 6.25. The van der Waals surface area contributed by atoms with E-state index in [1.54, 1.807) is 4.90 Å². The van der Waals surface area contributed by atoms with Crippen LogP contribution in [0.25, 0.3) is 10.9 Å². The van der Waals surface area contributed by atoms with Crippen LogP contribution in [0.2, 0.25) is 0 Å². The SMILES string of the molecule is CC(C)(C)OC(=O)N1CCC(n2cc3cc(Br)ccc3n2)C1. The molecule has 5 nitrogen and oxygen atoms in total. The maximum atomic E-state index is 12.1. The number of rotatable bonds is 1. The van der Waals surface area contributed by atoms with Gasteiger partial charge >= 0.3 is 6.09 Å². The molecule has 0 radical (unpaired) electrons. The molecule has 22 heavy (non-hydrogen) atoms. The van der Waals surface area contributed by atoms with Crippen molar-refractivity contribution in [3.8, 4) is 0 Å². The van der Waals surface area contributed by atoms with Gasteiger partial charge in [0.15, 0.2) is 0 Å². The Morgan fingerprint density at radius 1 is 1.41 bits per heavy atom. The lowest BCUT2D eigenvalue weighted by atomic mass is 10.2. The quantitative estimate of drug-likeness (QED) is 0.767. The molecular weight excluding hydrogens is 346 g/mol. The molecule has 1 saturated heterocycles. The van der Waals surface area contributed by atoms with E-state index in [2.05, 4.69) is 27.1 Å². The van der Waals surface area contributed by atoms with E-state index >= 15 is 0 Å². The molecule has 2 aromatic rings. The molecule has 1 aromatic carbocycles. The molecule has 1 aliphatic heterocycles. The van der Waals surface area contributed by atoms with Gasteiger partial charge in [-0.1, -0.05) is 15.9 Å². The van der Waals surface area contributed by atoms with E-state index < -0.39 is 5.60 Å². The molecule has 0 saturated carbocycles. The number of aromatic nitrogens is 2. The predicted octanol–water partition coefficient (Wildman–Crippen LogP) is 3.98. The lowest BCUT2D eigenvalue weighted by Gasteiger charge is -2.24. The van der Waals surface area contributed by atoms with Crippen LogP contribution in [0.4, 0.5) is 4.79 Å². The summed E-state index contributed by atoms with van der Waals surface area (Å²) in [4.78, 5) is 13.9. The molecule has 1 aliphatic rings. The zero-order chi connectivity index (χ0) is 15.9. The van der Waals surface area contributed by atoms with Gasteiger partial charge in [-0.15, -0.1) is 0 Å². The molecule has 1 fully saturated rings. The van der Waals surface area contributed by atoms with Crippen LogP contribution in [-0.4, -0.2) is 39.5 Å². The standard InChI is InChI=1S/C16H20BrN3O2/c1-16(2,3)22-15(21)19-7-6-13(10-19)20-9-11-8-12(17)4-5-14(11)18-20/h4-5,8-9,13H,6-7,10H2,1-3H3. The van der Waals surface area contributed by atoms with Gasteiger partial charge < -0.3 is 9.64 Å². The van der Waals surface area contributed by atoms with Gasteiger partial charge in [-0.2, -0.15) is 5.10 Å². The summed E-state index contributed by atoms with van der Waals surface area (Å²) in [5, 5.41) is 5.72. The number of nitrogens with zero attached hydrogens (tertiary/aromatic N) is 3. The van der Waals surface area contributed by atoms with E-state index in [1.165, 1.54) is 0 Å². The van der Waals surface area contributed by atoms with E-state index in [4.69, 9.17) is 4.74 Å². The molecule has 0 N–H and O–H groups in total. The topological polar surface area (TPSA) is 47.4 Å². The first-order valence-electron chi connectivity index (χ1n) is 7.44. The lowest BCUT2D eigenvalue weighted by molar-refractivity contribution is 0.0288. The maximum absolute atomic E-state index is 12.1. The summed E-state index contributed by atoms with van der Waals surface area (Å²) in [5.41, 5.74) is 0.515. The smallest absolute Gasteiger partial charge is 0.410 e. The predicted molar refractivity (Wildman–Crippen MR) is 88.9 cm³/mol. The van der Waals surface area contributed by atoms with E-state index in [0.29, 0.717) is 13.1 Å². The number of carbonyl (C=O) groups excluding carboxylic acids is 1. The Bertz CT molecular complexity index is 705. The number of benzene rings is 1. The van der Waals surface area contributed by atoms with Crippen LogP contribution < -0.4 is 0 Å². The number of fused-ring (bicyclic) bond motifs is 1. The Kier molecular flexibility index (Phi) is 3.89. The molecule has 1 amide bonds. The second-order valence-corrected chi connectivity index (χ2v) is 7.60. The highest BCUT2D eigenvalue weighted by Crippen LogP contribution is 2.26. The summed E-state index contributed by atoms with van der Waals surface area (Å²) in [7, 11) is 0. The van der Waals surface area contributed by atoms with Crippen molar-refractivity contribution in [2.45, 2.75) is 38.8 Å². The van der Waals surface area contributed by atoms with Gasteiger partial charge in [0.2, 0.25) is 0 Å². The zero-order valence-electron chi connectivity index (χ0n) is 13.0. The average Bonchev–Trinajstić information content (AvgIpc) is 3.02. The third-order valence-corrected chi connectivity index (χ3v) is 4.17. The first-order valence-corrected chi connectivity index (χ1v) is 8.23. The molecule has 1 atom stereocenters. The molecule has 3 rings (SSSR count). The van der Waals surface area contributed by atoms with Crippen LogP contribution in [0.15, 0.2) is 28.9 Å². The summed E-state index contributed by atoms with van der Waals surface area (Å²) in [6.07, 6.45) is 2.70. The van der Waals surface area contributed by atoms with Gasteiger partial charge in [-0.05, 0) is 45.4 Å². The first kappa shape index (κ1) is 15.3. The Morgan fingerprint density at radius 2 is 2.18 bits per heavy atom. The minimum atomic E-state index is -0.457. The summed E-state index contributed by atoms with van der Waals surface area (Å²) in [6.45, 7) is 7.01. The van der Waals surface area contributed by atoms with Crippen LogP contribution in [-0.2, 0) is 4.74 Å². The Morgan fingerprint density at radius 3 is 2.91 bits per heavy atom. The maximum Gasteiger partial charge on any atom is 0.410 e. The summed E-state index contributed by atoms with van der Waals surface area (Å²) >= 11 is 3.48. The van der Waals surface area contributed by atoms with Crippen LogP contribution in [0, 0.1) is 0 Å². The average molecular weight is 366 g/mol. The normalized spacial score (nSPS) is 18.9. The van der Waals surface area contributed by atoms with Gasteiger partial charge in [0.25, 0.3) is 0 Å². The molecule has 1 unspecified atom stereocenters. The van der Waals surface area contributed by atoms with E-state index in [0.717, 1.165) is 21.8 Å². The van der Waals surface area contributed by atoms with Crippen molar-refractivity contribution in [2.24, 2.45) is 0 Å². The van der Waals surface area contributed by atoms with Gasteiger partial charge in [0, 0.05) is 29.1 Å². The zero-order valence-corrected chi connectivity index (χ0v) is 14.6. The highest BCUT2D eigenvalue weighted by Gasteiger charge is 2.31. The molecule has 2 heterocycles. The largest absolute Gasteiger partial charge is 0.444 e. The summed E-state index contributed by atoms with van der Waals surface area (Å²) < 4.78 is 8.45. The fraction of sp³-hybridized carbons (Fsp3) is 0.500. The van der Waals surface area contributed by atoms with Crippen molar-refractivity contribution in [2.75, 3.05) is 13.1 Å². The van der Waals surface area contributed by atoms with Gasteiger partial charge in [0.05, 0.1) is 11.6 Å². The lowest BCUT2D eigenvalue weighted by Crippen LogP contribution is -2.35. The van der Waals surface area contributed by atoms with Crippen molar-refractivity contribution in [3.63, 3.8) is 0 Å². The Balaban J connectivity index is 1.72. The second kappa shape index (κ2) is 5.57. The highest BCUT2D eigenvalue weighted by molar-refractivity contribution is 9.10. The van der Waals surface area contributed by atoms with Crippen molar-refractivity contribution in [1.29, 1.82) is 0 Å². The molecule has 1 aromatic heterocycles. The Labute approximate surface area is 138 Å². The highest BCUT2D eigenvalue weighted by atomic mass is 79.9. The molecule has 0 aliphatic carbocycles. The number of likely N-dealkylation sites (tertiary alicyclic amines) is 1. The number of hydrogen-bond acceptors (Lipinski definition) is 3. The van der Waals surface area contributed by atoms with E-state index in [9.17, 15) is 4.79 Å². The third kappa shape index (κ3) is 3.27. The molecule has 0 bridgehead atoms. The minimum absolute atomic E-state index is 0.207. The molecule has 6 heteroatoms. The third-order valence-electron chi connectivity index (χ3n) is 3.67. The van der Waals surface area contributed by atoms with Crippen molar-refractivity contribution < 1.29 is 9.53 Å². The number of carbonyl (C=O) groups is 1. The van der Waals surface area contributed by atoms with Gasteiger partial charge in [-0.3, -0.25) is 4.68 Å². The fourth-order valence-corrected chi connectivity index (χ4v) is 3.03. The number of halogens is 1.